The van der Waals surface area contributed by atoms with Gasteiger partial charge in [-0.1, -0.05) is 96.8 Å². The molecule has 0 radical (unpaired) electrons. The lowest BCUT2D eigenvalue weighted by molar-refractivity contribution is 0.0447. The van der Waals surface area contributed by atoms with Crippen LogP contribution in [0.4, 0.5) is 0 Å². The van der Waals surface area contributed by atoms with Gasteiger partial charge in [-0.05, 0) is 60.9 Å². The molecule has 0 aliphatic heterocycles. The van der Waals surface area contributed by atoms with Crippen molar-refractivity contribution in [3.63, 3.8) is 0 Å². The summed E-state index contributed by atoms with van der Waals surface area (Å²) in [5.41, 5.74) is 2.36. The van der Waals surface area contributed by atoms with Crippen molar-refractivity contribution in [1.29, 1.82) is 0 Å². The van der Waals surface area contributed by atoms with Gasteiger partial charge in [-0.15, -0.1) is 0 Å². The monoisotopic (exact) mass is 476 g/mol. The molecule has 0 saturated heterocycles. The minimum atomic E-state index is -0.279. The van der Waals surface area contributed by atoms with Crippen molar-refractivity contribution in [1.82, 2.24) is 0 Å². The van der Waals surface area contributed by atoms with Crippen LogP contribution in [0.5, 0.6) is 5.75 Å². The van der Waals surface area contributed by atoms with E-state index in [-0.39, 0.29) is 5.97 Å². The number of esters is 1. The Morgan fingerprint density at radius 3 is 1.80 bits per heavy atom. The lowest BCUT2D eigenvalue weighted by atomic mass is 10.1. The van der Waals surface area contributed by atoms with Crippen LogP contribution in [-0.4, -0.2) is 19.2 Å². The molecule has 0 fully saturated rings. The molecule has 190 valence electrons. The third-order valence-corrected chi connectivity index (χ3v) is 6.29. The number of unbranched alkanes of at least 4 members (excludes halogenated alkanes) is 9. The van der Waals surface area contributed by atoms with Crippen LogP contribution in [-0.2, 0) is 4.74 Å². The molecule has 0 amide bonds. The maximum atomic E-state index is 12.1. The van der Waals surface area contributed by atoms with Crippen molar-refractivity contribution >= 4 is 5.97 Å². The van der Waals surface area contributed by atoms with Crippen molar-refractivity contribution in [2.75, 3.05) is 13.2 Å². The average Bonchev–Trinajstić information content (AvgIpc) is 2.90. The lowest BCUT2D eigenvalue weighted by Crippen LogP contribution is -2.11. The van der Waals surface area contributed by atoms with E-state index in [1.54, 1.807) is 12.1 Å². The van der Waals surface area contributed by atoms with Gasteiger partial charge in [0.25, 0.3) is 0 Å². The maximum Gasteiger partial charge on any atom is 0.338 e. The first-order valence-corrected chi connectivity index (χ1v) is 13.6. The summed E-state index contributed by atoms with van der Waals surface area (Å²) in [6.45, 7) is 7.66. The molecule has 3 nitrogen and oxygen atoms in total. The van der Waals surface area contributed by atoms with E-state index in [9.17, 15) is 4.79 Å². The second-order valence-corrected chi connectivity index (χ2v) is 9.49. The number of carbonyl (C=O) groups excluding carboxylic acids is 1. The van der Waals surface area contributed by atoms with Crippen LogP contribution in [0.2, 0.25) is 0 Å². The summed E-state index contributed by atoms with van der Waals surface area (Å²) in [5, 5.41) is 0. The highest BCUT2D eigenvalue weighted by Crippen LogP contribution is 2.14. The third-order valence-electron chi connectivity index (χ3n) is 6.29. The van der Waals surface area contributed by atoms with Gasteiger partial charge in [0.1, 0.15) is 5.75 Å². The summed E-state index contributed by atoms with van der Waals surface area (Å²) in [7, 11) is 0. The number of hydrogen-bond donors (Lipinski definition) is 0. The average molecular weight is 477 g/mol. The highest BCUT2D eigenvalue weighted by atomic mass is 16.5. The first-order chi connectivity index (χ1) is 17.1. The summed E-state index contributed by atoms with van der Waals surface area (Å²) in [6, 6.07) is 15.2. The van der Waals surface area contributed by atoms with Gasteiger partial charge < -0.3 is 9.47 Å². The Labute approximate surface area is 213 Å². The van der Waals surface area contributed by atoms with Gasteiger partial charge in [0.05, 0.1) is 18.8 Å². The second kappa shape index (κ2) is 17.7. The smallest absolute Gasteiger partial charge is 0.338 e. The number of carbonyl (C=O) groups is 1. The zero-order chi connectivity index (χ0) is 25.1. The standard InChI is InChI=1S/C32H44O3/c1-4-6-7-8-9-10-11-12-13-14-25-34-31-23-19-29(20-24-31)16-15-28-17-21-30(22-18-28)32(33)35-26-27(3)5-2/h17-24,27H,4-14,25-26H2,1-3H3/t27-/m0/s1. The van der Waals surface area contributed by atoms with E-state index < -0.39 is 0 Å². The Kier molecular flexibility index (Phi) is 14.4. The minimum Gasteiger partial charge on any atom is -0.494 e. The van der Waals surface area contributed by atoms with Crippen molar-refractivity contribution < 1.29 is 14.3 Å². The molecule has 0 aromatic heterocycles. The van der Waals surface area contributed by atoms with Gasteiger partial charge in [-0.25, -0.2) is 4.79 Å². The topological polar surface area (TPSA) is 35.5 Å². The van der Waals surface area contributed by atoms with Crippen molar-refractivity contribution in [3.8, 4) is 17.6 Å². The summed E-state index contributed by atoms with van der Waals surface area (Å²) in [6.07, 6.45) is 14.3. The quantitative estimate of drug-likeness (QED) is 0.138. The molecule has 0 aliphatic rings. The molecule has 0 spiro atoms. The van der Waals surface area contributed by atoms with E-state index in [2.05, 4.69) is 32.6 Å². The highest BCUT2D eigenvalue weighted by Gasteiger charge is 2.08. The largest absolute Gasteiger partial charge is 0.494 e. The molecular formula is C32H44O3. The van der Waals surface area contributed by atoms with Crippen molar-refractivity contribution in [2.45, 2.75) is 91.4 Å². The summed E-state index contributed by atoms with van der Waals surface area (Å²) >= 11 is 0. The molecule has 0 heterocycles. The molecule has 0 bridgehead atoms. The van der Waals surface area contributed by atoms with Crippen LogP contribution in [0, 0.1) is 17.8 Å². The molecule has 2 aromatic rings. The molecule has 0 saturated carbocycles. The first-order valence-electron chi connectivity index (χ1n) is 13.6. The van der Waals surface area contributed by atoms with Gasteiger partial charge in [0, 0.05) is 11.1 Å². The summed E-state index contributed by atoms with van der Waals surface area (Å²) in [4.78, 5) is 12.1. The van der Waals surface area contributed by atoms with E-state index in [0.717, 1.165) is 36.3 Å². The van der Waals surface area contributed by atoms with Gasteiger partial charge >= 0.3 is 5.97 Å². The number of benzene rings is 2. The fraction of sp³-hybridized carbons (Fsp3) is 0.531. The van der Waals surface area contributed by atoms with E-state index in [4.69, 9.17) is 9.47 Å². The van der Waals surface area contributed by atoms with Crippen LogP contribution in [0.3, 0.4) is 0 Å². The lowest BCUT2D eigenvalue weighted by Gasteiger charge is -2.09. The van der Waals surface area contributed by atoms with Gasteiger partial charge in [-0.3, -0.25) is 0 Å². The molecule has 0 aliphatic carbocycles. The Balaban J connectivity index is 1.65. The molecular weight excluding hydrogens is 432 g/mol. The fourth-order valence-corrected chi connectivity index (χ4v) is 3.67. The Morgan fingerprint density at radius 1 is 0.743 bits per heavy atom. The molecule has 35 heavy (non-hydrogen) atoms. The van der Waals surface area contributed by atoms with Crippen molar-refractivity contribution in [2.24, 2.45) is 5.92 Å². The van der Waals surface area contributed by atoms with Gasteiger partial charge in [0.2, 0.25) is 0 Å². The van der Waals surface area contributed by atoms with Crippen LogP contribution in [0.25, 0.3) is 0 Å². The fourth-order valence-electron chi connectivity index (χ4n) is 3.67. The predicted molar refractivity (Wildman–Crippen MR) is 146 cm³/mol. The maximum absolute atomic E-state index is 12.1. The number of hydrogen-bond acceptors (Lipinski definition) is 3. The van der Waals surface area contributed by atoms with Gasteiger partial charge in [0.15, 0.2) is 0 Å². The molecule has 1 atom stereocenters. The molecule has 0 N–H and O–H groups in total. The SMILES string of the molecule is CCCCCCCCCCCCOc1ccc(C#Cc2ccc(C(=O)OC[C@@H](C)CC)cc2)cc1. The summed E-state index contributed by atoms with van der Waals surface area (Å²) in [5.74, 6) is 7.32. The van der Waals surface area contributed by atoms with Crippen LogP contribution in [0.1, 0.15) is 113 Å². The van der Waals surface area contributed by atoms with Crippen LogP contribution >= 0.6 is 0 Å². The van der Waals surface area contributed by atoms with E-state index in [1.807, 2.05) is 36.4 Å². The summed E-state index contributed by atoms with van der Waals surface area (Å²) < 4.78 is 11.2. The zero-order valence-corrected chi connectivity index (χ0v) is 22.1. The second-order valence-electron chi connectivity index (χ2n) is 9.49. The first kappa shape index (κ1) is 28.5. The Morgan fingerprint density at radius 2 is 1.26 bits per heavy atom. The molecule has 2 aromatic carbocycles. The van der Waals surface area contributed by atoms with Gasteiger partial charge in [-0.2, -0.15) is 0 Å². The Hall–Kier alpha value is -2.73. The van der Waals surface area contributed by atoms with Crippen molar-refractivity contribution in [3.05, 3.63) is 65.2 Å². The number of rotatable bonds is 16. The molecule has 3 heteroatoms. The van der Waals surface area contributed by atoms with E-state index in [1.165, 1.54) is 57.8 Å². The van der Waals surface area contributed by atoms with Crippen LogP contribution < -0.4 is 4.74 Å². The molecule has 0 unspecified atom stereocenters. The number of ether oxygens (including phenoxy) is 2. The van der Waals surface area contributed by atoms with Crippen LogP contribution in [0.15, 0.2) is 48.5 Å². The Bertz CT molecular complexity index is 887. The third kappa shape index (κ3) is 12.5. The van der Waals surface area contributed by atoms with E-state index in [0.29, 0.717) is 18.1 Å². The predicted octanol–water partition coefficient (Wildman–Crippen LogP) is 8.59. The highest BCUT2D eigenvalue weighted by molar-refractivity contribution is 5.89. The molecule has 2 rings (SSSR count). The zero-order valence-electron chi connectivity index (χ0n) is 22.1. The van der Waals surface area contributed by atoms with E-state index >= 15 is 0 Å². The minimum absolute atomic E-state index is 0.279. The normalized spacial score (nSPS) is 11.4.